The summed E-state index contributed by atoms with van der Waals surface area (Å²) in [5.41, 5.74) is 1.32. The maximum Gasteiger partial charge on any atom is 1.00 e. The van der Waals surface area contributed by atoms with Gasteiger partial charge in [-0.15, -0.1) is 0 Å². The van der Waals surface area contributed by atoms with Crippen molar-refractivity contribution in [1.29, 1.82) is 0 Å². The Bertz CT molecular complexity index is 705. The first kappa shape index (κ1) is 16.8. The molecule has 2 aliphatic rings. The summed E-state index contributed by atoms with van der Waals surface area (Å²) in [6.07, 6.45) is 1.71. The van der Waals surface area contributed by atoms with Gasteiger partial charge in [-0.05, 0) is 11.0 Å². The van der Waals surface area contributed by atoms with Crippen molar-refractivity contribution in [3.05, 3.63) is 64.3 Å². The molecule has 0 atom stereocenters. The second kappa shape index (κ2) is 5.59. The number of rotatable bonds is 0. The minimum Gasteiger partial charge on any atom is -0.870 e. The van der Waals surface area contributed by atoms with E-state index < -0.39 is 17.0 Å². The molecule has 0 aliphatic heterocycles. The molecule has 0 saturated carbocycles. The molecule has 0 fully saturated rings. The van der Waals surface area contributed by atoms with Gasteiger partial charge in [0.2, 0.25) is 0 Å². The Balaban J connectivity index is 0.00000161. The number of hydrogen-bond donors (Lipinski definition) is 0. The van der Waals surface area contributed by atoms with E-state index in [1.165, 1.54) is 0 Å². The van der Waals surface area contributed by atoms with Gasteiger partial charge in [0, 0.05) is 16.7 Å². The molecule has 3 rings (SSSR count). The number of hydrogen-bond acceptors (Lipinski definition) is 3. The van der Waals surface area contributed by atoms with Crippen LogP contribution >= 0.6 is 0 Å². The van der Waals surface area contributed by atoms with Crippen molar-refractivity contribution in [3.63, 3.8) is 0 Å². The van der Waals surface area contributed by atoms with Crippen LogP contribution in [0.2, 0.25) is 0 Å². The second-order valence-corrected chi connectivity index (χ2v) is 6.13. The van der Waals surface area contributed by atoms with Crippen molar-refractivity contribution in [3.8, 4) is 0 Å². The summed E-state index contributed by atoms with van der Waals surface area (Å²) in [7, 11) is 0. The molecule has 1 radical (unpaired) electrons. The SMILES string of the molecule is CC(C)(C)C1=C[C]2C(=C([O-])C1=O)C(=O)c1ccccc12.[K+]. The number of fused-ring (bicyclic) bond motifs is 3. The van der Waals surface area contributed by atoms with E-state index >= 15 is 0 Å². The Morgan fingerprint density at radius 1 is 0.952 bits per heavy atom. The topological polar surface area (TPSA) is 57.2 Å². The van der Waals surface area contributed by atoms with E-state index in [0.717, 1.165) is 5.56 Å². The van der Waals surface area contributed by atoms with Crippen LogP contribution in [0, 0.1) is 11.3 Å². The molecule has 4 heteroatoms. The van der Waals surface area contributed by atoms with Gasteiger partial charge in [0.25, 0.3) is 0 Å². The molecule has 0 amide bonds. The third-order valence-electron chi connectivity index (χ3n) is 3.73. The summed E-state index contributed by atoms with van der Waals surface area (Å²) >= 11 is 0. The average Bonchev–Trinajstić information content (AvgIpc) is 2.67. The van der Waals surface area contributed by atoms with Gasteiger partial charge in [0.15, 0.2) is 11.6 Å². The van der Waals surface area contributed by atoms with Crippen LogP contribution < -0.4 is 56.5 Å². The molecule has 101 valence electrons. The molecule has 2 aliphatic carbocycles. The van der Waals surface area contributed by atoms with E-state index in [-0.39, 0.29) is 62.7 Å². The first-order valence-corrected chi connectivity index (χ1v) is 6.52. The first-order valence-electron chi connectivity index (χ1n) is 6.52. The zero-order valence-corrected chi connectivity index (χ0v) is 15.7. The Labute approximate surface area is 166 Å². The molecule has 0 aromatic heterocycles. The van der Waals surface area contributed by atoms with E-state index in [9.17, 15) is 14.7 Å². The summed E-state index contributed by atoms with van der Waals surface area (Å²) in [6.45, 7) is 5.66. The van der Waals surface area contributed by atoms with E-state index in [1.54, 1.807) is 18.2 Å². The minimum absolute atomic E-state index is 0. The average molecular weight is 305 g/mol. The molecule has 1 aromatic rings. The molecule has 0 heterocycles. The van der Waals surface area contributed by atoms with E-state index in [1.807, 2.05) is 32.9 Å². The number of ketones is 2. The Morgan fingerprint density at radius 3 is 2.10 bits per heavy atom. The van der Waals surface area contributed by atoms with Crippen LogP contribution in [0.3, 0.4) is 0 Å². The van der Waals surface area contributed by atoms with Gasteiger partial charge in [-0.25, -0.2) is 0 Å². The van der Waals surface area contributed by atoms with Gasteiger partial charge in [0.05, 0.1) is 5.92 Å². The van der Waals surface area contributed by atoms with Crippen molar-refractivity contribution in [1.82, 2.24) is 0 Å². The zero-order chi connectivity index (χ0) is 14.7. The van der Waals surface area contributed by atoms with Crippen molar-refractivity contribution < 1.29 is 66.1 Å². The standard InChI is InChI=1S/C17H15O3.K/c1-17(2,3)12-8-11-9-6-4-5-7-10(9)14(18)13(11)16(20)15(12)19;/h4-8,20H,1-3H3;/q;+1/p-1. The minimum atomic E-state index is -0.673. The van der Waals surface area contributed by atoms with Gasteiger partial charge in [-0.2, -0.15) is 0 Å². The molecule has 0 bridgehead atoms. The van der Waals surface area contributed by atoms with E-state index in [2.05, 4.69) is 0 Å². The Kier molecular flexibility index (Phi) is 4.49. The summed E-state index contributed by atoms with van der Waals surface area (Å²) in [5, 5.41) is 12.3. The fourth-order valence-corrected chi connectivity index (χ4v) is 2.69. The molecule has 0 saturated heterocycles. The largest absolute Gasteiger partial charge is 1.00 e. The maximum atomic E-state index is 12.3. The monoisotopic (exact) mass is 305 g/mol. The molecular formula is C17H14KO3. The summed E-state index contributed by atoms with van der Waals surface area (Å²) in [4.78, 5) is 24.5. The van der Waals surface area contributed by atoms with Crippen LogP contribution in [0.5, 0.6) is 0 Å². The fraction of sp³-hybridized carbons (Fsp3) is 0.235. The number of carbonyl (C=O) groups excluding carboxylic acids is 2. The number of carbonyl (C=O) groups is 2. The summed E-state index contributed by atoms with van der Waals surface area (Å²) in [6, 6.07) is 7.09. The Hall–Kier alpha value is -0.524. The summed E-state index contributed by atoms with van der Waals surface area (Å²) < 4.78 is 0. The van der Waals surface area contributed by atoms with Gasteiger partial charge in [0.1, 0.15) is 0 Å². The van der Waals surface area contributed by atoms with Crippen LogP contribution in [-0.2, 0) is 4.79 Å². The van der Waals surface area contributed by atoms with Crippen molar-refractivity contribution in [2.24, 2.45) is 5.41 Å². The summed E-state index contributed by atoms with van der Waals surface area (Å²) in [5.74, 6) is -0.968. The second-order valence-electron chi connectivity index (χ2n) is 6.13. The molecule has 0 N–H and O–H groups in total. The molecular weight excluding hydrogens is 291 g/mol. The number of allylic oxidation sites excluding steroid dienone is 3. The molecule has 0 spiro atoms. The van der Waals surface area contributed by atoms with Gasteiger partial charge >= 0.3 is 51.4 Å². The van der Waals surface area contributed by atoms with Crippen molar-refractivity contribution in [2.75, 3.05) is 0 Å². The predicted octanol–water partition coefficient (Wildman–Crippen LogP) is -1.02. The molecule has 3 nitrogen and oxygen atoms in total. The molecule has 0 unspecified atom stereocenters. The number of Topliss-reactive ketones (excluding diaryl/α,β-unsaturated/α-hetero) is 2. The van der Waals surface area contributed by atoms with Crippen LogP contribution in [0.15, 0.2) is 47.2 Å². The molecule has 21 heavy (non-hydrogen) atoms. The fourth-order valence-electron chi connectivity index (χ4n) is 2.69. The van der Waals surface area contributed by atoms with Gasteiger partial charge < -0.3 is 5.11 Å². The third-order valence-corrected chi connectivity index (χ3v) is 3.73. The zero-order valence-electron chi connectivity index (χ0n) is 12.6. The Morgan fingerprint density at radius 2 is 1.52 bits per heavy atom. The van der Waals surface area contributed by atoms with Crippen molar-refractivity contribution in [2.45, 2.75) is 20.8 Å². The van der Waals surface area contributed by atoms with Crippen LogP contribution in [-0.4, -0.2) is 11.6 Å². The maximum absolute atomic E-state index is 12.3. The van der Waals surface area contributed by atoms with Crippen LogP contribution in [0.4, 0.5) is 0 Å². The predicted molar refractivity (Wildman–Crippen MR) is 72.7 cm³/mol. The van der Waals surface area contributed by atoms with E-state index in [0.29, 0.717) is 17.1 Å². The van der Waals surface area contributed by atoms with Gasteiger partial charge in [-0.1, -0.05) is 56.9 Å². The van der Waals surface area contributed by atoms with Crippen LogP contribution in [0.25, 0.3) is 0 Å². The first-order chi connectivity index (χ1) is 9.32. The van der Waals surface area contributed by atoms with Gasteiger partial charge in [-0.3, -0.25) is 9.59 Å². The number of benzene rings is 1. The third kappa shape index (κ3) is 2.53. The van der Waals surface area contributed by atoms with Crippen LogP contribution in [0.1, 0.15) is 36.7 Å². The normalized spacial score (nSPS) is 18.1. The molecule has 1 aromatic carbocycles. The van der Waals surface area contributed by atoms with E-state index in [4.69, 9.17) is 0 Å². The smallest absolute Gasteiger partial charge is 0.870 e. The quantitative estimate of drug-likeness (QED) is 0.577. The van der Waals surface area contributed by atoms with Crippen molar-refractivity contribution >= 4 is 11.6 Å².